The van der Waals surface area contributed by atoms with E-state index in [1.54, 1.807) is 30.3 Å². The van der Waals surface area contributed by atoms with E-state index in [1.807, 2.05) is 47.3 Å². The molecule has 0 bridgehead atoms. The van der Waals surface area contributed by atoms with E-state index in [-0.39, 0.29) is 11.8 Å². The van der Waals surface area contributed by atoms with Gasteiger partial charge >= 0.3 is 0 Å². The molecule has 0 unspecified atom stereocenters. The van der Waals surface area contributed by atoms with E-state index in [4.69, 9.17) is 0 Å². The maximum atomic E-state index is 12.6. The lowest BCUT2D eigenvalue weighted by Crippen LogP contribution is -2.25. The van der Waals surface area contributed by atoms with E-state index < -0.39 is 0 Å². The van der Waals surface area contributed by atoms with Crippen LogP contribution in [0.3, 0.4) is 0 Å². The predicted molar refractivity (Wildman–Crippen MR) is 101 cm³/mol. The summed E-state index contributed by atoms with van der Waals surface area (Å²) in [6.45, 7) is 0. The van der Waals surface area contributed by atoms with Gasteiger partial charge in [-0.3, -0.25) is 9.59 Å². The van der Waals surface area contributed by atoms with E-state index in [2.05, 4.69) is 10.6 Å². The van der Waals surface area contributed by atoms with Crippen LogP contribution < -0.4 is 10.6 Å². The average Bonchev–Trinajstić information content (AvgIpc) is 3.30. The number of amides is 2. The van der Waals surface area contributed by atoms with Crippen molar-refractivity contribution in [3.63, 3.8) is 0 Å². The van der Waals surface area contributed by atoms with Gasteiger partial charge in [0, 0.05) is 40.9 Å². The highest BCUT2D eigenvalue weighted by molar-refractivity contribution is 6.05. The third kappa shape index (κ3) is 3.67. The van der Waals surface area contributed by atoms with Crippen molar-refractivity contribution in [2.75, 3.05) is 5.32 Å². The molecule has 26 heavy (non-hydrogen) atoms. The molecular formula is C21H19N3O2. The number of hydrogen-bond acceptors (Lipinski definition) is 2. The lowest BCUT2D eigenvalue weighted by Gasteiger charge is -2.09. The molecule has 2 N–H and O–H groups in total. The largest absolute Gasteiger partial charge is 0.349 e. The summed E-state index contributed by atoms with van der Waals surface area (Å²) in [7, 11) is 0. The second-order valence-corrected chi connectivity index (χ2v) is 6.42. The van der Waals surface area contributed by atoms with E-state index >= 15 is 0 Å². The second-order valence-electron chi connectivity index (χ2n) is 6.42. The highest BCUT2D eigenvalue weighted by Crippen LogP contribution is 2.20. The Morgan fingerprint density at radius 3 is 2.27 bits per heavy atom. The minimum Gasteiger partial charge on any atom is -0.349 e. The zero-order chi connectivity index (χ0) is 17.9. The first-order chi connectivity index (χ1) is 12.7. The van der Waals surface area contributed by atoms with Crippen LogP contribution in [-0.2, 0) is 0 Å². The highest BCUT2D eigenvalue weighted by atomic mass is 16.2. The Morgan fingerprint density at radius 2 is 1.54 bits per heavy atom. The van der Waals surface area contributed by atoms with Crippen LogP contribution in [0.25, 0.3) is 5.69 Å². The minimum atomic E-state index is -0.209. The molecule has 0 atom stereocenters. The maximum Gasteiger partial charge on any atom is 0.255 e. The van der Waals surface area contributed by atoms with Crippen LogP contribution in [0, 0.1) is 0 Å². The van der Waals surface area contributed by atoms with E-state index in [9.17, 15) is 9.59 Å². The van der Waals surface area contributed by atoms with Crippen LogP contribution in [0.4, 0.5) is 5.69 Å². The number of nitrogens with one attached hydrogen (secondary N) is 2. The van der Waals surface area contributed by atoms with Crippen molar-refractivity contribution in [1.82, 2.24) is 9.88 Å². The van der Waals surface area contributed by atoms with Crippen LogP contribution in [0.1, 0.15) is 33.6 Å². The second kappa shape index (κ2) is 6.88. The molecule has 1 heterocycles. The standard InChI is InChI=1S/C21H19N3O2/c25-20(22-17-9-10-17)15-5-3-7-18(13-15)23-21(26)16-6-4-8-19(14-16)24-11-1-2-12-24/h1-8,11-14,17H,9-10H2,(H,22,25)(H,23,26). The van der Waals surface area contributed by atoms with Crippen molar-refractivity contribution < 1.29 is 9.59 Å². The Bertz CT molecular complexity index is 943. The first-order valence-electron chi connectivity index (χ1n) is 8.65. The van der Waals surface area contributed by atoms with Gasteiger partial charge in [-0.25, -0.2) is 0 Å². The van der Waals surface area contributed by atoms with Crippen LogP contribution in [0.2, 0.25) is 0 Å². The summed E-state index contributed by atoms with van der Waals surface area (Å²) >= 11 is 0. The Labute approximate surface area is 151 Å². The number of anilines is 1. The molecule has 5 nitrogen and oxygen atoms in total. The summed E-state index contributed by atoms with van der Waals surface area (Å²) in [6.07, 6.45) is 5.94. The SMILES string of the molecule is O=C(Nc1cccc(C(=O)NC2CC2)c1)c1cccc(-n2cccc2)c1. The number of rotatable bonds is 5. The van der Waals surface area contributed by atoms with Crippen molar-refractivity contribution in [2.24, 2.45) is 0 Å². The lowest BCUT2D eigenvalue weighted by molar-refractivity contribution is 0.0949. The third-order valence-corrected chi connectivity index (χ3v) is 4.31. The molecule has 130 valence electrons. The van der Waals surface area contributed by atoms with Gasteiger partial charge < -0.3 is 15.2 Å². The summed E-state index contributed by atoms with van der Waals surface area (Å²) in [5, 5.41) is 5.82. The fourth-order valence-corrected chi connectivity index (χ4v) is 2.75. The third-order valence-electron chi connectivity index (χ3n) is 4.31. The van der Waals surface area contributed by atoms with Gasteiger partial charge in [-0.05, 0) is 61.4 Å². The van der Waals surface area contributed by atoms with Gasteiger partial charge in [-0.15, -0.1) is 0 Å². The number of nitrogens with zero attached hydrogens (tertiary/aromatic N) is 1. The molecule has 0 spiro atoms. The van der Waals surface area contributed by atoms with Crippen molar-refractivity contribution in [1.29, 1.82) is 0 Å². The fraction of sp³-hybridized carbons (Fsp3) is 0.143. The van der Waals surface area contributed by atoms with Crippen molar-refractivity contribution in [3.05, 3.63) is 84.2 Å². The summed E-state index contributed by atoms with van der Waals surface area (Å²) in [6, 6.07) is 18.6. The summed E-state index contributed by atoms with van der Waals surface area (Å²) in [5.74, 6) is -0.308. The van der Waals surface area contributed by atoms with Gasteiger partial charge in [0.2, 0.25) is 0 Å². The number of hydrogen-bond donors (Lipinski definition) is 2. The maximum absolute atomic E-state index is 12.6. The zero-order valence-corrected chi connectivity index (χ0v) is 14.2. The van der Waals surface area contributed by atoms with Gasteiger partial charge in [0.05, 0.1) is 0 Å². The van der Waals surface area contributed by atoms with Crippen LogP contribution in [0.5, 0.6) is 0 Å². The molecule has 1 aromatic heterocycles. The highest BCUT2D eigenvalue weighted by Gasteiger charge is 2.23. The van der Waals surface area contributed by atoms with Gasteiger partial charge in [0.15, 0.2) is 0 Å². The Kier molecular flexibility index (Phi) is 4.27. The molecule has 5 heteroatoms. The molecule has 1 aliphatic carbocycles. The molecule has 0 saturated heterocycles. The van der Waals surface area contributed by atoms with Gasteiger partial charge in [-0.2, -0.15) is 0 Å². The molecule has 1 saturated carbocycles. The summed E-state index contributed by atoms with van der Waals surface area (Å²) in [4.78, 5) is 24.7. The van der Waals surface area contributed by atoms with Crippen molar-refractivity contribution in [3.8, 4) is 5.69 Å². The van der Waals surface area contributed by atoms with Crippen molar-refractivity contribution in [2.45, 2.75) is 18.9 Å². The Balaban J connectivity index is 1.49. The molecule has 0 radical (unpaired) electrons. The van der Waals surface area contributed by atoms with E-state index in [0.29, 0.717) is 22.9 Å². The molecule has 2 aromatic carbocycles. The lowest BCUT2D eigenvalue weighted by atomic mass is 10.1. The quantitative estimate of drug-likeness (QED) is 0.742. The van der Waals surface area contributed by atoms with Crippen LogP contribution >= 0.6 is 0 Å². The van der Waals surface area contributed by atoms with E-state index in [0.717, 1.165) is 18.5 Å². The molecule has 1 fully saturated rings. The molecule has 1 aliphatic rings. The Hall–Kier alpha value is -3.34. The van der Waals surface area contributed by atoms with E-state index in [1.165, 1.54) is 0 Å². The molecule has 3 aromatic rings. The van der Waals surface area contributed by atoms with Crippen molar-refractivity contribution >= 4 is 17.5 Å². The smallest absolute Gasteiger partial charge is 0.255 e. The van der Waals surface area contributed by atoms with Gasteiger partial charge in [0.25, 0.3) is 11.8 Å². The number of carbonyl (C=O) groups is 2. The normalized spacial score (nSPS) is 13.2. The first-order valence-corrected chi connectivity index (χ1v) is 8.65. The van der Waals surface area contributed by atoms with Crippen LogP contribution in [-0.4, -0.2) is 22.4 Å². The first kappa shape index (κ1) is 16.1. The Morgan fingerprint density at radius 1 is 0.846 bits per heavy atom. The molecule has 2 amide bonds. The molecule has 4 rings (SSSR count). The fourth-order valence-electron chi connectivity index (χ4n) is 2.75. The average molecular weight is 345 g/mol. The summed E-state index contributed by atoms with van der Waals surface area (Å²) in [5.41, 5.74) is 2.63. The van der Waals surface area contributed by atoms with Gasteiger partial charge in [0.1, 0.15) is 0 Å². The van der Waals surface area contributed by atoms with Gasteiger partial charge in [-0.1, -0.05) is 12.1 Å². The molecule has 0 aliphatic heterocycles. The summed E-state index contributed by atoms with van der Waals surface area (Å²) < 4.78 is 1.94. The topological polar surface area (TPSA) is 63.1 Å². The monoisotopic (exact) mass is 345 g/mol. The molecular weight excluding hydrogens is 326 g/mol. The number of carbonyl (C=O) groups excluding carboxylic acids is 2. The predicted octanol–water partition coefficient (Wildman–Crippen LogP) is 3.62. The zero-order valence-electron chi connectivity index (χ0n) is 14.2. The minimum absolute atomic E-state index is 0.0989. The van der Waals surface area contributed by atoms with Crippen LogP contribution in [0.15, 0.2) is 73.1 Å². The number of aromatic nitrogens is 1. The number of benzene rings is 2.